The third-order valence-corrected chi connectivity index (χ3v) is 6.42. The van der Waals surface area contributed by atoms with E-state index in [0.29, 0.717) is 24.7 Å². The molecule has 1 spiro atoms. The van der Waals surface area contributed by atoms with Crippen LogP contribution in [0.15, 0.2) is 30.7 Å². The number of carbonyl (C=O) groups is 1. The van der Waals surface area contributed by atoms with Crippen molar-refractivity contribution >= 4 is 11.8 Å². The van der Waals surface area contributed by atoms with Crippen LogP contribution in [0.4, 0.5) is 10.6 Å². The highest BCUT2D eigenvalue weighted by atomic mass is 16.5. The molecule has 0 saturated carbocycles. The van der Waals surface area contributed by atoms with Crippen LogP contribution in [-0.4, -0.2) is 55.1 Å². The first-order chi connectivity index (χ1) is 15.5. The van der Waals surface area contributed by atoms with E-state index in [2.05, 4.69) is 26.1 Å². The second-order valence-corrected chi connectivity index (χ2v) is 8.59. The van der Waals surface area contributed by atoms with E-state index in [-0.39, 0.29) is 11.4 Å². The number of aryl methyl sites for hydroxylation is 2. The van der Waals surface area contributed by atoms with Gasteiger partial charge in [0.2, 0.25) is 0 Å². The molecule has 0 bridgehead atoms. The lowest BCUT2D eigenvalue weighted by atomic mass is 9.82. The van der Waals surface area contributed by atoms with Crippen molar-refractivity contribution in [2.45, 2.75) is 38.3 Å². The predicted octanol–water partition coefficient (Wildman–Crippen LogP) is 1.92. The summed E-state index contributed by atoms with van der Waals surface area (Å²) in [6.45, 7) is 5.29. The second kappa shape index (κ2) is 7.85. The number of hydrogen-bond acceptors (Lipinski definition) is 6. The van der Waals surface area contributed by atoms with Crippen molar-refractivity contribution in [3.05, 3.63) is 42.0 Å². The number of nitrogens with zero attached hydrogens (tertiary/aromatic N) is 6. The number of aromatic nitrogens is 5. The fourth-order valence-corrected chi connectivity index (χ4v) is 4.74. The molecule has 168 valence electrons. The average Bonchev–Trinajstić information content (AvgIpc) is 3.54. The molecule has 10 heteroatoms. The van der Waals surface area contributed by atoms with E-state index in [0.717, 1.165) is 49.3 Å². The SMILES string of the molecule is CCNC(=O)N1CCC2(CCn3nc(-c4cnc(N)c(OCc5cnn(C)c5)c4)cc32)C1. The molecular formula is C22H28N8O2. The lowest BCUT2D eigenvalue weighted by molar-refractivity contribution is 0.206. The molecule has 3 N–H and O–H groups in total. The largest absolute Gasteiger partial charge is 0.485 e. The molecule has 0 aromatic carbocycles. The minimum absolute atomic E-state index is 0.0145. The van der Waals surface area contributed by atoms with Gasteiger partial charge in [-0.25, -0.2) is 9.78 Å². The number of hydrogen-bond donors (Lipinski definition) is 2. The Morgan fingerprint density at radius 1 is 1.28 bits per heavy atom. The molecule has 1 atom stereocenters. The number of nitrogen functional groups attached to an aromatic ring is 1. The Morgan fingerprint density at radius 2 is 2.12 bits per heavy atom. The van der Waals surface area contributed by atoms with E-state index in [1.165, 1.54) is 5.69 Å². The van der Waals surface area contributed by atoms with Gasteiger partial charge in [-0.1, -0.05) is 0 Å². The molecule has 5 heterocycles. The minimum Gasteiger partial charge on any atom is -0.485 e. The quantitative estimate of drug-likeness (QED) is 0.631. The zero-order chi connectivity index (χ0) is 22.3. The summed E-state index contributed by atoms with van der Waals surface area (Å²) in [4.78, 5) is 18.6. The number of nitrogens with two attached hydrogens (primary N) is 1. The van der Waals surface area contributed by atoms with Gasteiger partial charge in [-0.05, 0) is 31.9 Å². The molecule has 2 amide bonds. The van der Waals surface area contributed by atoms with Crippen molar-refractivity contribution in [1.29, 1.82) is 0 Å². The van der Waals surface area contributed by atoms with Gasteiger partial charge in [0, 0.05) is 67.9 Å². The maximum absolute atomic E-state index is 12.3. The average molecular weight is 437 g/mol. The third-order valence-electron chi connectivity index (χ3n) is 6.42. The van der Waals surface area contributed by atoms with Gasteiger partial charge < -0.3 is 20.7 Å². The number of anilines is 1. The predicted molar refractivity (Wildman–Crippen MR) is 119 cm³/mol. The number of rotatable bonds is 5. The molecule has 1 fully saturated rings. The Morgan fingerprint density at radius 3 is 2.91 bits per heavy atom. The molecule has 3 aromatic rings. The first kappa shape index (κ1) is 20.3. The normalized spacial score (nSPS) is 19.5. The lowest BCUT2D eigenvalue weighted by Gasteiger charge is -2.23. The van der Waals surface area contributed by atoms with Crippen molar-refractivity contribution in [3.8, 4) is 17.0 Å². The van der Waals surface area contributed by atoms with E-state index in [1.807, 2.05) is 31.1 Å². The molecule has 3 aromatic heterocycles. The molecule has 10 nitrogen and oxygen atoms in total. The summed E-state index contributed by atoms with van der Waals surface area (Å²) in [7, 11) is 1.87. The topological polar surface area (TPSA) is 116 Å². The molecule has 0 aliphatic carbocycles. The van der Waals surface area contributed by atoms with Crippen LogP contribution in [0.3, 0.4) is 0 Å². The maximum atomic E-state index is 12.3. The minimum atomic E-state index is -0.0305. The summed E-state index contributed by atoms with van der Waals surface area (Å²) < 4.78 is 9.71. The van der Waals surface area contributed by atoms with Crippen LogP contribution in [0, 0.1) is 0 Å². The molecule has 0 radical (unpaired) electrons. The summed E-state index contributed by atoms with van der Waals surface area (Å²) in [6.07, 6.45) is 7.35. The highest BCUT2D eigenvalue weighted by Gasteiger charge is 2.46. The van der Waals surface area contributed by atoms with Gasteiger partial charge in [-0.2, -0.15) is 10.2 Å². The number of pyridine rings is 1. The summed E-state index contributed by atoms with van der Waals surface area (Å²) in [5, 5.41) is 11.9. The van der Waals surface area contributed by atoms with Crippen LogP contribution in [0.25, 0.3) is 11.3 Å². The van der Waals surface area contributed by atoms with Gasteiger partial charge in [0.1, 0.15) is 6.61 Å². The van der Waals surface area contributed by atoms with Gasteiger partial charge in [0.15, 0.2) is 11.6 Å². The van der Waals surface area contributed by atoms with E-state index in [9.17, 15) is 4.79 Å². The first-order valence-electron chi connectivity index (χ1n) is 10.9. The van der Waals surface area contributed by atoms with Crippen LogP contribution in [0.2, 0.25) is 0 Å². The number of urea groups is 1. The maximum Gasteiger partial charge on any atom is 0.317 e. The number of ether oxygens (including phenoxy) is 1. The fourth-order valence-electron chi connectivity index (χ4n) is 4.74. The smallest absolute Gasteiger partial charge is 0.317 e. The molecule has 32 heavy (non-hydrogen) atoms. The molecule has 5 rings (SSSR count). The lowest BCUT2D eigenvalue weighted by Crippen LogP contribution is -2.40. The summed E-state index contributed by atoms with van der Waals surface area (Å²) in [5.41, 5.74) is 9.86. The Kier molecular flexibility index (Phi) is 4.99. The van der Waals surface area contributed by atoms with Crippen LogP contribution in [0.1, 0.15) is 31.0 Å². The third kappa shape index (κ3) is 3.55. The van der Waals surface area contributed by atoms with Crippen molar-refractivity contribution in [3.63, 3.8) is 0 Å². The van der Waals surface area contributed by atoms with Gasteiger partial charge >= 0.3 is 6.03 Å². The monoisotopic (exact) mass is 436 g/mol. The van der Waals surface area contributed by atoms with Crippen LogP contribution in [0.5, 0.6) is 5.75 Å². The van der Waals surface area contributed by atoms with Crippen molar-refractivity contribution in [1.82, 2.24) is 34.8 Å². The van der Waals surface area contributed by atoms with Gasteiger partial charge in [0.25, 0.3) is 0 Å². The van der Waals surface area contributed by atoms with E-state index >= 15 is 0 Å². The highest BCUT2D eigenvalue weighted by molar-refractivity contribution is 5.75. The standard InChI is InChI=1S/C22H28N8O2/c1-3-24-21(31)29-6-4-22(14-29)5-7-30-19(22)9-17(27-30)16-8-18(20(23)25-11-16)32-13-15-10-26-28(2)12-15/h8-12H,3-7,13-14H2,1-2H3,(H2,23,25)(H,24,31). The van der Waals surface area contributed by atoms with E-state index in [4.69, 9.17) is 15.6 Å². The second-order valence-electron chi connectivity index (χ2n) is 8.59. The molecule has 1 saturated heterocycles. The van der Waals surface area contributed by atoms with Gasteiger partial charge in [0.05, 0.1) is 11.9 Å². The summed E-state index contributed by atoms with van der Waals surface area (Å²) in [5.74, 6) is 0.867. The number of amides is 2. The van der Waals surface area contributed by atoms with E-state index < -0.39 is 0 Å². The molecule has 1 unspecified atom stereocenters. The Balaban J connectivity index is 1.36. The van der Waals surface area contributed by atoms with Gasteiger partial charge in [-0.3, -0.25) is 9.36 Å². The Bertz CT molecular complexity index is 1150. The number of fused-ring (bicyclic) bond motifs is 2. The van der Waals surface area contributed by atoms with E-state index in [1.54, 1.807) is 17.1 Å². The molecular weight excluding hydrogens is 408 g/mol. The molecule has 2 aliphatic rings. The van der Waals surface area contributed by atoms with Crippen LogP contribution < -0.4 is 15.8 Å². The van der Waals surface area contributed by atoms with Crippen molar-refractivity contribution < 1.29 is 9.53 Å². The zero-order valence-corrected chi connectivity index (χ0v) is 18.4. The van der Waals surface area contributed by atoms with Gasteiger partial charge in [-0.15, -0.1) is 0 Å². The highest BCUT2D eigenvalue weighted by Crippen LogP contribution is 2.44. The van der Waals surface area contributed by atoms with Crippen molar-refractivity contribution in [2.75, 3.05) is 25.4 Å². The fraction of sp³-hybridized carbons (Fsp3) is 0.455. The number of likely N-dealkylation sites (tertiary alicyclic amines) is 1. The summed E-state index contributed by atoms with van der Waals surface area (Å²) >= 11 is 0. The number of nitrogens with one attached hydrogen (secondary N) is 1. The Labute approximate surface area is 186 Å². The zero-order valence-electron chi connectivity index (χ0n) is 18.4. The Hall–Kier alpha value is -3.56. The van der Waals surface area contributed by atoms with Crippen LogP contribution >= 0.6 is 0 Å². The van der Waals surface area contributed by atoms with Crippen molar-refractivity contribution in [2.24, 2.45) is 7.05 Å². The van der Waals surface area contributed by atoms with Crippen LogP contribution in [-0.2, 0) is 25.6 Å². The first-order valence-corrected chi connectivity index (χ1v) is 10.9. The summed E-state index contributed by atoms with van der Waals surface area (Å²) in [6, 6.07) is 4.03. The molecule has 2 aliphatic heterocycles. The number of carbonyl (C=O) groups excluding carboxylic acids is 1.